The Labute approximate surface area is 102 Å². The number of hydrogen-bond donors (Lipinski definition) is 0. The number of aldehydes is 1. The Balaban J connectivity index is 2.23. The lowest BCUT2D eigenvalue weighted by atomic mass is 10.2. The van der Waals surface area contributed by atoms with Crippen LogP contribution in [0.15, 0.2) is 24.3 Å². The number of carbonyl (C=O) groups excluding carboxylic acids is 1. The van der Waals surface area contributed by atoms with Gasteiger partial charge in [-0.05, 0) is 17.7 Å². The van der Waals surface area contributed by atoms with Crippen LogP contribution in [0.1, 0.15) is 16.1 Å². The maximum Gasteiger partial charge on any atom is 0.173 e. The zero-order chi connectivity index (χ0) is 11.5. The second-order valence-electron chi connectivity index (χ2n) is 3.17. The van der Waals surface area contributed by atoms with Crippen molar-refractivity contribution >= 4 is 29.5 Å². The SMILES string of the molecule is O=Cc1nnn(Cc2ccc(Cl)cc2)c1Cl. The van der Waals surface area contributed by atoms with Gasteiger partial charge in [-0.25, -0.2) is 4.68 Å². The zero-order valence-corrected chi connectivity index (χ0v) is 9.61. The Morgan fingerprint density at radius 2 is 1.94 bits per heavy atom. The largest absolute Gasteiger partial charge is 0.296 e. The van der Waals surface area contributed by atoms with Gasteiger partial charge in [-0.3, -0.25) is 4.79 Å². The van der Waals surface area contributed by atoms with Crippen LogP contribution in [0.5, 0.6) is 0 Å². The third-order valence-corrected chi connectivity index (χ3v) is 2.70. The molecule has 0 aliphatic carbocycles. The van der Waals surface area contributed by atoms with Crippen molar-refractivity contribution in [2.24, 2.45) is 0 Å². The van der Waals surface area contributed by atoms with E-state index in [2.05, 4.69) is 10.3 Å². The molecule has 0 saturated heterocycles. The molecule has 6 heteroatoms. The number of rotatable bonds is 3. The monoisotopic (exact) mass is 255 g/mol. The first-order valence-electron chi connectivity index (χ1n) is 4.49. The Hall–Kier alpha value is -1.39. The van der Waals surface area contributed by atoms with Crippen molar-refractivity contribution in [3.63, 3.8) is 0 Å². The minimum Gasteiger partial charge on any atom is -0.296 e. The van der Waals surface area contributed by atoms with Crippen LogP contribution in [-0.4, -0.2) is 21.3 Å². The van der Waals surface area contributed by atoms with Crippen LogP contribution in [0.4, 0.5) is 0 Å². The summed E-state index contributed by atoms with van der Waals surface area (Å²) in [6, 6.07) is 7.28. The molecule has 0 unspecified atom stereocenters. The van der Waals surface area contributed by atoms with Crippen LogP contribution in [-0.2, 0) is 6.54 Å². The summed E-state index contributed by atoms with van der Waals surface area (Å²) in [5.74, 6) is 0. The Kier molecular flexibility index (Phi) is 3.22. The van der Waals surface area contributed by atoms with Crippen LogP contribution in [0.3, 0.4) is 0 Å². The third kappa shape index (κ3) is 2.23. The maximum absolute atomic E-state index is 10.5. The van der Waals surface area contributed by atoms with Gasteiger partial charge in [0.05, 0.1) is 6.54 Å². The fraction of sp³-hybridized carbons (Fsp3) is 0.100. The van der Waals surface area contributed by atoms with Gasteiger partial charge in [0.1, 0.15) is 0 Å². The zero-order valence-electron chi connectivity index (χ0n) is 8.10. The molecule has 0 amide bonds. The summed E-state index contributed by atoms with van der Waals surface area (Å²) in [5, 5.41) is 8.32. The highest BCUT2D eigenvalue weighted by Crippen LogP contribution is 2.14. The molecule has 16 heavy (non-hydrogen) atoms. The number of aromatic nitrogens is 3. The first-order chi connectivity index (χ1) is 7.70. The van der Waals surface area contributed by atoms with E-state index in [4.69, 9.17) is 23.2 Å². The number of hydrogen-bond acceptors (Lipinski definition) is 3. The number of carbonyl (C=O) groups is 1. The average molecular weight is 256 g/mol. The van der Waals surface area contributed by atoms with E-state index in [1.54, 1.807) is 12.1 Å². The molecule has 0 aliphatic heterocycles. The summed E-state index contributed by atoms with van der Waals surface area (Å²) >= 11 is 11.7. The summed E-state index contributed by atoms with van der Waals surface area (Å²) in [6.07, 6.45) is 0.577. The van der Waals surface area contributed by atoms with Crippen molar-refractivity contribution in [3.05, 3.63) is 45.7 Å². The molecule has 82 valence electrons. The van der Waals surface area contributed by atoms with E-state index in [0.29, 0.717) is 17.9 Å². The molecular weight excluding hydrogens is 249 g/mol. The quantitative estimate of drug-likeness (QED) is 0.792. The third-order valence-electron chi connectivity index (χ3n) is 2.06. The second-order valence-corrected chi connectivity index (χ2v) is 3.96. The smallest absolute Gasteiger partial charge is 0.173 e. The molecule has 1 aromatic carbocycles. The van der Waals surface area contributed by atoms with Crippen molar-refractivity contribution in [2.75, 3.05) is 0 Å². The highest BCUT2D eigenvalue weighted by atomic mass is 35.5. The highest BCUT2D eigenvalue weighted by molar-refractivity contribution is 6.31. The van der Waals surface area contributed by atoms with Crippen LogP contribution >= 0.6 is 23.2 Å². The maximum atomic E-state index is 10.5. The molecule has 0 fully saturated rings. The average Bonchev–Trinajstić information content (AvgIpc) is 2.63. The lowest BCUT2D eigenvalue weighted by molar-refractivity contribution is 0.111. The van der Waals surface area contributed by atoms with Crippen LogP contribution in [0.25, 0.3) is 0 Å². The molecule has 0 atom stereocenters. The van der Waals surface area contributed by atoms with E-state index in [0.717, 1.165) is 5.56 Å². The predicted molar refractivity (Wildman–Crippen MR) is 61.0 cm³/mol. The molecule has 2 aromatic rings. The second kappa shape index (κ2) is 4.63. The van der Waals surface area contributed by atoms with Crippen molar-refractivity contribution < 1.29 is 4.79 Å². The number of nitrogens with zero attached hydrogens (tertiary/aromatic N) is 3. The minimum absolute atomic E-state index is 0.149. The lowest BCUT2D eigenvalue weighted by Crippen LogP contribution is -2.01. The normalized spacial score (nSPS) is 10.4. The molecule has 0 radical (unpaired) electrons. The topological polar surface area (TPSA) is 47.8 Å². The molecule has 0 saturated carbocycles. The Morgan fingerprint density at radius 1 is 1.25 bits per heavy atom. The molecule has 0 N–H and O–H groups in total. The van der Waals surface area contributed by atoms with Gasteiger partial charge in [0.25, 0.3) is 0 Å². The number of halogens is 2. The standard InChI is InChI=1S/C10H7Cl2N3O/c11-8-3-1-7(2-4-8)5-15-10(12)9(6-16)13-14-15/h1-4,6H,5H2. The fourth-order valence-electron chi connectivity index (χ4n) is 1.25. The summed E-state index contributed by atoms with van der Waals surface area (Å²) < 4.78 is 1.45. The first-order valence-corrected chi connectivity index (χ1v) is 5.25. The molecule has 0 spiro atoms. The van der Waals surface area contributed by atoms with Gasteiger partial charge in [-0.15, -0.1) is 5.10 Å². The molecule has 1 heterocycles. The Bertz CT molecular complexity index is 507. The molecular formula is C10H7Cl2N3O. The summed E-state index contributed by atoms with van der Waals surface area (Å²) in [5.41, 5.74) is 1.13. The minimum atomic E-state index is 0.149. The summed E-state index contributed by atoms with van der Waals surface area (Å²) in [4.78, 5) is 10.5. The van der Waals surface area contributed by atoms with Crippen molar-refractivity contribution in [3.8, 4) is 0 Å². The number of benzene rings is 1. The highest BCUT2D eigenvalue weighted by Gasteiger charge is 2.09. The predicted octanol–water partition coefficient (Wildman–Crippen LogP) is 2.45. The van der Waals surface area contributed by atoms with Crippen LogP contribution in [0, 0.1) is 0 Å². The first kappa shape index (κ1) is 11.1. The van der Waals surface area contributed by atoms with Gasteiger partial charge in [-0.2, -0.15) is 0 Å². The molecule has 1 aromatic heterocycles. The van der Waals surface area contributed by atoms with Crippen molar-refractivity contribution in [2.45, 2.75) is 6.54 Å². The molecule has 4 nitrogen and oxygen atoms in total. The summed E-state index contributed by atoms with van der Waals surface area (Å²) in [6.45, 7) is 0.455. The van der Waals surface area contributed by atoms with E-state index in [9.17, 15) is 4.79 Å². The van der Waals surface area contributed by atoms with Gasteiger partial charge in [0.15, 0.2) is 17.1 Å². The lowest BCUT2D eigenvalue weighted by Gasteiger charge is -2.02. The van der Waals surface area contributed by atoms with Gasteiger partial charge < -0.3 is 0 Å². The van der Waals surface area contributed by atoms with E-state index in [1.807, 2.05) is 12.1 Å². The molecule has 0 aliphatic rings. The van der Waals surface area contributed by atoms with Crippen molar-refractivity contribution in [1.82, 2.24) is 15.0 Å². The van der Waals surface area contributed by atoms with E-state index >= 15 is 0 Å². The van der Waals surface area contributed by atoms with E-state index < -0.39 is 0 Å². The molecule has 2 rings (SSSR count). The molecule has 0 bridgehead atoms. The van der Waals surface area contributed by atoms with Crippen LogP contribution < -0.4 is 0 Å². The Morgan fingerprint density at radius 3 is 2.50 bits per heavy atom. The van der Waals surface area contributed by atoms with Crippen LogP contribution in [0.2, 0.25) is 10.2 Å². The van der Waals surface area contributed by atoms with Gasteiger partial charge in [0.2, 0.25) is 0 Å². The van der Waals surface area contributed by atoms with Gasteiger partial charge >= 0.3 is 0 Å². The van der Waals surface area contributed by atoms with Gasteiger partial charge in [-0.1, -0.05) is 40.5 Å². The summed E-state index contributed by atoms with van der Waals surface area (Å²) in [7, 11) is 0. The van der Waals surface area contributed by atoms with Gasteiger partial charge in [0, 0.05) is 5.02 Å². The van der Waals surface area contributed by atoms with Crippen molar-refractivity contribution in [1.29, 1.82) is 0 Å². The van der Waals surface area contributed by atoms with E-state index in [-0.39, 0.29) is 10.8 Å². The fourth-order valence-corrected chi connectivity index (χ4v) is 1.55. The van der Waals surface area contributed by atoms with E-state index in [1.165, 1.54) is 4.68 Å².